The van der Waals surface area contributed by atoms with Gasteiger partial charge in [-0.1, -0.05) is 31.7 Å². The number of sulfone groups is 1. The molecule has 1 aromatic rings. The lowest BCUT2D eigenvalue weighted by Gasteiger charge is -2.07. The molecule has 0 radical (unpaired) electrons. The summed E-state index contributed by atoms with van der Waals surface area (Å²) < 4.78 is 23.5. The summed E-state index contributed by atoms with van der Waals surface area (Å²) in [5.74, 6) is 0.0517. The van der Waals surface area contributed by atoms with Crippen molar-refractivity contribution >= 4 is 28.3 Å². The van der Waals surface area contributed by atoms with Crippen LogP contribution in [-0.4, -0.2) is 20.9 Å². The number of rotatable bonds is 4. The molecular formula is C11H13NO2S. The van der Waals surface area contributed by atoms with Crippen LogP contribution in [0.3, 0.4) is 0 Å². The van der Waals surface area contributed by atoms with Gasteiger partial charge in [-0.3, -0.25) is 4.99 Å². The molecule has 0 aromatic heterocycles. The van der Waals surface area contributed by atoms with Crippen molar-refractivity contribution in [2.75, 3.05) is 5.75 Å². The van der Waals surface area contributed by atoms with Crippen LogP contribution in [0.25, 0.3) is 6.08 Å². The van der Waals surface area contributed by atoms with E-state index in [0.29, 0.717) is 11.3 Å². The fourth-order valence-electron chi connectivity index (χ4n) is 1.28. The van der Waals surface area contributed by atoms with Crippen molar-refractivity contribution < 1.29 is 8.42 Å². The molecule has 0 N–H and O–H groups in total. The molecule has 0 saturated heterocycles. The highest BCUT2D eigenvalue weighted by Crippen LogP contribution is 2.29. The molecule has 0 aliphatic rings. The zero-order valence-corrected chi connectivity index (χ0v) is 9.42. The van der Waals surface area contributed by atoms with Crippen molar-refractivity contribution in [3.05, 3.63) is 30.3 Å². The molecule has 0 aliphatic heterocycles. The Hall–Kier alpha value is -1.42. The molecule has 0 amide bonds. The minimum atomic E-state index is -3.26. The maximum Gasteiger partial charge on any atom is 0.180 e. The van der Waals surface area contributed by atoms with Gasteiger partial charge in [0.15, 0.2) is 9.84 Å². The normalized spacial score (nSPS) is 11.0. The topological polar surface area (TPSA) is 46.5 Å². The highest BCUT2D eigenvalue weighted by atomic mass is 32.2. The van der Waals surface area contributed by atoms with Gasteiger partial charge in [0.05, 0.1) is 16.3 Å². The third kappa shape index (κ3) is 2.15. The van der Waals surface area contributed by atoms with Crippen LogP contribution < -0.4 is 0 Å². The quantitative estimate of drug-likeness (QED) is 0.736. The van der Waals surface area contributed by atoms with Gasteiger partial charge in [0.25, 0.3) is 0 Å². The lowest BCUT2D eigenvalue weighted by atomic mass is 10.2. The van der Waals surface area contributed by atoms with Gasteiger partial charge in [-0.05, 0) is 12.8 Å². The average molecular weight is 223 g/mol. The maximum absolute atomic E-state index is 11.7. The van der Waals surface area contributed by atoms with E-state index in [-0.39, 0.29) is 10.6 Å². The summed E-state index contributed by atoms with van der Waals surface area (Å²) in [6, 6.07) is 4.97. The molecule has 0 spiro atoms. The molecule has 0 saturated carbocycles. The van der Waals surface area contributed by atoms with Gasteiger partial charge >= 0.3 is 0 Å². The molecule has 0 heterocycles. The lowest BCUT2D eigenvalue weighted by Crippen LogP contribution is -2.04. The van der Waals surface area contributed by atoms with Crippen molar-refractivity contribution in [1.82, 2.24) is 0 Å². The SMILES string of the molecule is C=Cc1cccc(S(=O)(=O)CC)c1N=C. The van der Waals surface area contributed by atoms with Crippen LogP contribution in [0.4, 0.5) is 5.69 Å². The van der Waals surface area contributed by atoms with Gasteiger partial charge < -0.3 is 0 Å². The molecule has 3 nitrogen and oxygen atoms in total. The van der Waals surface area contributed by atoms with Gasteiger partial charge in [0.1, 0.15) is 0 Å². The molecule has 80 valence electrons. The van der Waals surface area contributed by atoms with Gasteiger partial charge in [-0.2, -0.15) is 0 Å². The van der Waals surface area contributed by atoms with Crippen LogP contribution in [-0.2, 0) is 9.84 Å². The summed E-state index contributed by atoms with van der Waals surface area (Å²) >= 11 is 0. The molecule has 0 atom stereocenters. The molecule has 1 aromatic carbocycles. The van der Waals surface area contributed by atoms with E-state index in [2.05, 4.69) is 18.3 Å². The average Bonchev–Trinajstić information content (AvgIpc) is 2.27. The first-order chi connectivity index (χ1) is 7.06. The Balaban J connectivity index is 3.56. The zero-order chi connectivity index (χ0) is 11.5. The van der Waals surface area contributed by atoms with E-state index in [4.69, 9.17) is 0 Å². The predicted octanol–water partition coefficient (Wildman–Crippen LogP) is 2.46. The third-order valence-corrected chi connectivity index (χ3v) is 3.88. The van der Waals surface area contributed by atoms with Crippen molar-refractivity contribution in [3.8, 4) is 0 Å². The van der Waals surface area contributed by atoms with E-state index >= 15 is 0 Å². The van der Waals surface area contributed by atoms with Gasteiger partial charge in [0, 0.05) is 5.56 Å². The number of aliphatic imine (C=N–C) groups is 1. The second kappa shape index (κ2) is 4.40. The molecular weight excluding hydrogens is 210 g/mol. The summed E-state index contributed by atoms with van der Waals surface area (Å²) in [6.07, 6.45) is 1.57. The third-order valence-electron chi connectivity index (χ3n) is 2.12. The summed E-state index contributed by atoms with van der Waals surface area (Å²) in [4.78, 5) is 3.97. The zero-order valence-electron chi connectivity index (χ0n) is 8.60. The smallest absolute Gasteiger partial charge is 0.180 e. The molecule has 0 fully saturated rings. The van der Waals surface area contributed by atoms with Crippen LogP contribution in [0.2, 0.25) is 0 Å². The van der Waals surface area contributed by atoms with E-state index in [1.807, 2.05) is 0 Å². The molecule has 15 heavy (non-hydrogen) atoms. The first-order valence-electron chi connectivity index (χ1n) is 4.51. The van der Waals surface area contributed by atoms with Gasteiger partial charge in [0.2, 0.25) is 0 Å². The van der Waals surface area contributed by atoms with Crippen LogP contribution in [0.15, 0.2) is 34.7 Å². The number of hydrogen-bond donors (Lipinski definition) is 0. The van der Waals surface area contributed by atoms with Gasteiger partial charge in [-0.15, -0.1) is 0 Å². The Morgan fingerprint density at radius 3 is 2.60 bits per heavy atom. The standard InChI is InChI=1S/C11H13NO2S/c1-4-9-7-6-8-10(11(9)12-3)15(13,14)5-2/h4,6-8H,1,3,5H2,2H3. The Morgan fingerprint density at radius 2 is 2.13 bits per heavy atom. The summed E-state index contributed by atoms with van der Waals surface area (Å²) in [5, 5.41) is 0. The van der Waals surface area contributed by atoms with Crippen LogP contribution in [0.5, 0.6) is 0 Å². The Kier molecular flexibility index (Phi) is 3.42. The monoisotopic (exact) mass is 223 g/mol. The van der Waals surface area contributed by atoms with Crippen molar-refractivity contribution in [3.63, 3.8) is 0 Å². The van der Waals surface area contributed by atoms with Crippen LogP contribution >= 0.6 is 0 Å². The van der Waals surface area contributed by atoms with Crippen LogP contribution in [0.1, 0.15) is 12.5 Å². The lowest BCUT2D eigenvalue weighted by molar-refractivity contribution is 0.597. The fraction of sp³-hybridized carbons (Fsp3) is 0.182. The van der Waals surface area contributed by atoms with Crippen molar-refractivity contribution in [2.24, 2.45) is 4.99 Å². The number of nitrogens with zero attached hydrogens (tertiary/aromatic N) is 1. The number of hydrogen-bond acceptors (Lipinski definition) is 3. The Morgan fingerprint density at radius 1 is 1.47 bits per heavy atom. The van der Waals surface area contributed by atoms with E-state index in [1.54, 1.807) is 25.1 Å². The Labute approximate surface area is 90.1 Å². The molecule has 4 heteroatoms. The highest BCUT2D eigenvalue weighted by molar-refractivity contribution is 7.91. The summed E-state index contributed by atoms with van der Waals surface area (Å²) in [7, 11) is -3.26. The Bertz CT molecular complexity index is 489. The first kappa shape index (κ1) is 11.7. The van der Waals surface area contributed by atoms with Crippen molar-refractivity contribution in [2.45, 2.75) is 11.8 Å². The van der Waals surface area contributed by atoms with E-state index in [0.717, 1.165) is 0 Å². The number of para-hydroxylation sites is 1. The largest absolute Gasteiger partial charge is 0.263 e. The molecule has 0 bridgehead atoms. The highest BCUT2D eigenvalue weighted by Gasteiger charge is 2.17. The second-order valence-electron chi connectivity index (χ2n) is 2.96. The van der Waals surface area contributed by atoms with E-state index < -0.39 is 9.84 Å². The minimum Gasteiger partial charge on any atom is -0.263 e. The van der Waals surface area contributed by atoms with E-state index in [1.165, 1.54) is 6.07 Å². The fourth-order valence-corrected chi connectivity index (χ4v) is 2.35. The predicted molar refractivity (Wildman–Crippen MR) is 63.5 cm³/mol. The van der Waals surface area contributed by atoms with Crippen LogP contribution in [0, 0.1) is 0 Å². The summed E-state index contributed by atoms with van der Waals surface area (Å²) in [6.45, 7) is 8.59. The van der Waals surface area contributed by atoms with E-state index in [9.17, 15) is 8.42 Å². The summed E-state index contributed by atoms with van der Waals surface area (Å²) in [5.41, 5.74) is 1.06. The molecule has 0 aliphatic carbocycles. The second-order valence-corrected chi connectivity index (χ2v) is 5.21. The minimum absolute atomic E-state index is 0.0517. The first-order valence-corrected chi connectivity index (χ1v) is 6.17. The number of benzene rings is 1. The molecule has 0 unspecified atom stereocenters. The van der Waals surface area contributed by atoms with Crippen molar-refractivity contribution in [1.29, 1.82) is 0 Å². The maximum atomic E-state index is 11.7. The molecule has 1 rings (SSSR count). The van der Waals surface area contributed by atoms with Gasteiger partial charge in [-0.25, -0.2) is 8.42 Å².